The summed E-state index contributed by atoms with van der Waals surface area (Å²) in [6, 6.07) is 45.5. The Morgan fingerprint density at radius 3 is 1.69 bits per heavy atom. The van der Waals surface area contributed by atoms with Gasteiger partial charge in [-0.1, -0.05) is 159 Å². The lowest BCUT2D eigenvalue weighted by molar-refractivity contribution is 1.34. The number of fused-ring (bicyclic) bond motifs is 4. The average molecular weight is 628 g/mol. The topological polar surface area (TPSA) is 12.9 Å². The van der Waals surface area contributed by atoms with Crippen LogP contribution in [0.15, 0.2) is 121 Å². The van der Waals surface area contributed by atoms with Gasteiger partial charge < -0.3 is 0 Å². The third-order valence-electron chi connectivity index (χ3n) is 10.9. The lowest BCUT2D eigenvalue weighted by atomic mass is 9.34. The van der Waals surface area contributed by atoms with Crippen molar-refractivity contribution in [2.75, 3.05) is 0 Å². The molecule has 1 aromatic heterocycles. The average Bonchev–Trinajstić information content (AvgIpc) is 3.08. The minimum Gasteiger partial charge on any atom is -0.247 e. The van der Waals surface area contributed by atoms with E-state index in [1.165, 1.54) is 98.2 Å². The molecule has 0 amide bonds. The van der Waals surface area contributed by atoms with Crippen LogP contribution in [0.5, 0.6) is 0 Å². The molecule has 2 heteroatoms. The summed E-state index contributed by atoms with van der Waals surface area (Å²) in [7, 11) is 0. The van der Waals surface area contributed by atoms with Gasteiger partial charge >= 0.3 is 0 Å². The molecule has 0 atom stereocenters. The van der Waals surface area contributed by atoms with Crippen LogP contribution in [0.4, 0.5) is 0 Å². The first-order valence-corrected chi connectivity index (χ1v) is 17.4. The van der Waals surface area contributed by atoms with E-state index in [2.05, 4.69) is 163 Å². The van der Waals surface area contributed by atoms with E-state index >= 15 is 0 Å². The molecule has 0 unspecified atom stereocenters. The minimum atomic E-state index is 0.0996. The minimum absolute atomic E-state index is 0.0996. The summed E-state index contributed by atoms with van der Waals surface area (Å²) in [5, 5.41) is 11.5. The first-order chi connectivity index (χ1) is 23.8. The summed E-state index contributed by atoms with van der Waals surface area (Å²) in [5.41, 5.74) is 15.3. The van der Waals surface area contributed by atoms with Crippen LogP contribution in [0.2, 0.25) is 0 Å². The van der Waals surface area contributed by atoms with Crippen molar-refractivity contribution in [2.24, 2.45) is 0 Å². The highest BCUT2D eigenvalue weighted by Gasteiger charge is 2.29. The van der Waals surface area contributed by atoms with Gasteiger partial charge in [-0.25, -0.2) is 4.98 Å². The summed E-state index contributed by atoms with van der Waals surface area (Å²) in [4.78, 5) is 5.45. The van der Waals surface area contributed by atoms with Crippen LogP contribution in [-0.4, -0.2) is 11.7 Å². The summed E-state index contributed by atoms with van der Waals surface area (Å²) in [5.74, 6) is 0. The summed E-state index contributed by atoms with van der Waals surface area (Å²) < 4.78 is 0. The number of hydrogen-bond donors (Lipinski definition) is 0. The molecule has 0 aliphatic carbocycles. The van der Waals surface area contributed by atoms with Crippen molar-refractivity contribution in [3.05, 3.63) is 155 Å². The molecule has 1 heterocycles. The standard InChI is InChI=1S/C47H38BN/c1-27-21-29(3)45(30(4)22-27)48(46-31(5)23-28(2)24-32(46)6)37-14-10-13-36(25-37)47-40-26-35-18-17-33-11-9-12-34-19-20-39(43(35)42(33)34)44(40)38-15-7-8-16-41(38)49-47/h7-26H,1-6H3. The van der Waals surface area contributed by atoms with Gasteiger partial charge in [-0.15, -0.1) is 0 Å². The van der Waals surface area contributed by atoms with Gasteiger partial charge in [0.2, 0.25) is 6.71 Å². The van der Waals surface area contributed by atoms with Gasteiger partial charge in [0.1, 0.15) is 0 Å². The molecule has 0 spiro atoms. The molecular weight excluding hydrogens is 589 g/mol. The zero-order valence-corrected chi connectivity index (χ0v) is 29.1. The molecule has 49 heavy (non-hydrogen) atoms. The summed E-state index contributed by atoms with van der Waals surface area (Å²) in [6.07, 6.45) is 0. The lowest BCUT2D eigenvalue weighted by Gasteiger charge is -2.25. The Morgan fingerprint density at radius 2 is 1.02 bits per heavy atom. The van der Waals surface area contributed by atoms with Crippen LogP contribution in [0, 0.1) is 41.5 Å². The maximum atomic E-state index is 5.45. The molecule has 0 radical (unpaired) electrons. The summed E-state index contributed by atoms with van der Waals surface area (Å²) >= 11 is 0. The van der Waals surface area contributed by atoms with Crippen molar-refractivity contribution >= 4 is 77.1 Å². The second-order valence-electron chi connectivity index (χ2n) is 14.3. The van der Waals surface area contributed by atoms with Crippen molar-refractivity contribution in [3.63, 3.8) is 0 Å². The van der Waals surface area contributed by atoms with Crippen LogP contribution < -0.4 is 16.4 Å². The fourth-order valence-electron chi connectivity index (χ4n) is 9.11. The van der Waals surface area contributed by atoms with E-state index in [-0.39, 0.29) is 6.71 Å². The Kier molecular flexibility index (Phi) is 6.68. The Bertz CT molecular complexity index is 2670. The molecule has 0 saturated carbocycles. The van der Waals surface area contributed by atoms with Gasteiger partial charge in [0, 0.05) is 21.7 Å². The van der Waals surface area contributed by atoms with Gasteiger partial charge in [0.05, 0.1) is 11.2 Å². The molecule has 0 bridgehead atoms. The number of aryl methyl sites for hydroxylation is 6. The number of pyridine rings is 1. The van der Waals surface area contributed by atoms with E-state index in [9.17, 15) is 0 Å². The normalized spacial score (nSPS) is 11.9. The number of rotatable bonds is 4. The molecule has 0 N–H and O–H groups in total. The Hall–Kier alpha value is -5.47. The zero-order chi connectivity index (χ0) is 33.6. The molecule has 1 nitrogen and oxygen atoms in total. The quantitative estimate of drug-likeness (QED) is 0.108. The van der Waals surface area contributed by atoms with Gasteiger partial charge in [0.15, 0.2) is 0 Å². The highest BCUT2D eigenvalue weighted by atomic mass is 14.7. The monoisotopic (exact) mass is 627 g/mol. The van der Waals surface area contributed by atoms with Gasteiger partial charge in [-0.2, -0.15) is 0 Å². The molecule has 0 aliphatic heterocycles. The van der Waals surface area contributed by atoms with Gasteiger partial charge in [-0.05, 0) is 86.0 Å². The predicted octanol–water partition coefficient (Wildman–Crippen LogP) is 10.3. The Morgan fingerprint density at radius 1 is 0.429 bits per heavy atom. The van der Waals surface area contributed by atoms with Crippen molar-refractivity contribution in [1.29, 1.82) is 0 Å². The maximum Gasteiger partial charge on any atom is 0.242 e. The van der Waals surface area contributed by atoms with Crippen LogP contribution in [0.1, 0.15) is 33.4 Å². The molecule has 9 aromatic rings. The second-order valence-corrected chi connectivity index (χ2v) is 14.3. The van der Waals surface area contributed by atoms with Crippen molar-refractivity contribution in [2.45, 2.75) is 41.5 Å². The van der Waals surface area contributed by atoms with Crippen molar-refractivity contribution in [1.82, 2.24) is 4.98 Å². The van der Waals surface area contributed by atoms with E-state index in [0.29, 0.717) is 0 Å². The SMILES string of the molecule is Cc1cc(C)c(B(c2cccc(-c3nc4ccccc4c4c3cc3ccc5cccc6ccc4c3c56)c2)c2c(C)cc(C)cc2C)c(C)c1. The van der Waals surface area contributed by atoms with E-state index < -0.39 is 0 Å². The zero-order valence-electron chi connectivity index (χ0n) is 29.1. The molecule has 0 fully saturated rings. The number of para-hydroxylation sites is 1. The first-order valence-electron chi connectivity index (χ1n) is 17.4. The third kappa shape index (κ3) is 4.58. The molecule has 8 aromatic carbocycles. The van der Waals surface area contributed by atoms with Crippen molar-refractivity contribution in [3.8, 4) is 11.3 Å². The molecule has 9 rings (SSSR count). The Labute approximate surface area is 288 Å². The molecule has 0 saturated heterocycles. The highest BCUT2D eigenvalue weighted by molar-refractivity contribution is 6.96. The highest BCUT2D eigenvalue weighted by Crippen LogP contribution is 2.43. The number of aromatic nitrogens is 1. The van der Waals surface area contributed by atoms with E-state index in [1.807, 2.05) is 0 Å². The molecule has 234 valence electrons. The number of benzene rings is 8. The van der Waals surface area contributed by atoms with Crippen LogP contribution in [-0.2, 0) is 0 Å². The maximum absolute atomic E-state index is 5.45. The van der Waals surface area contributed by atoms with Crippen molar-refractivity contribution < 1.29 is 0 Å². The third-order valence-corrected chi connectivity index (χ3v) is 10.9. The Balaban J connectivity index is 1.36. The first kappa shape index (κ1) is 29.7. The summed E-state index contributed by atoms with van der Waals surface area (Å²) in [6.45, 7) is 13.6. The van der Waals surface area contributed by atoms with E-state index in [4.69, 9.17) is 4.98 Å². The van der Waals surface area contributed by atoms with E-state index in [1.54, 1.807) is 0 Å². The number of nitrogens with zero attached hydrogens (tertiary/aromatic N) is 1. The largest absolute Gasteiger partial charge is 0.247 e. The molecular formula is C47H38BN. The van der Waals surface area contributed by atoms with Gasteiger partial charge in [-0.3, -0.25) is 0 Å². The van der Waals surface area contributed by atoms with E-state index in [0.717, 1.165) is 16.8 Å². The second kappa shape index (κ2) is 11.0. The van der Waals surface area contributed by atoms with Crippen LogP contribution in [0.3, 0.4) is 0 Å². The van der Waals surface area contributed by atoms with Crippen LogP contribution in [0.25, 0.3) is 65.3 Å². The fourth-order valence-corrected chi connectivity index (χ4v) is 9.11. The predicted molar refractivity (Wildman–Crippen MR) is 214 cm³/mol. The fraction of sp³-hybridized carbons (Fsp3) is 0.128. The smallest absolute Gasteiger partial charge is 0.242 e. The number of hydrogen-bond acceptors (Lipinski definition) is 1. The lowest BCUT2D eigenvalue weighted by Crippen LogP contribution is -2.55. The van der Waals surface area contributed by atoms with Crippen LogP contribution >= 0.6 is 0 Å². The van der Waals surface area contributed by atoms with Gasteiger partial charge in [0.25, 0.3) is 0 Å². The molecule has 0 aliphatic rings.